The number of carbonyl (C=O) groups is 9. The Morgan fingerprint density at radius 2 is 1.56 bits per heavy atom. The molecule has 0 radical (unpaired) electrons. The molecule has 2 fully saturated rings. The van der Waals surface area contributed by atoms with Gasteiger partial charge in [-0.15, -0.1) is 11.3 Å². The maximum absolute atomic E-state index is 14.9. The Morgan fingerprint density at radius 3 is 2.20 bits per heavy atom. The van der Waals surface area contributed by atoms with Gasteiger partial charge in [-0.2, -0.15) is 11.8 Å². The van der Waals surface area contributed by atoms with Gasteiger partial charge in [-0.05, 0) is 93.7 Å². The Balaban J connectivity index is 1.69. The van der Waals surface area contributed by atoms with Crippen LogP contribution < -0.4 is 48.8 Å². The van der Waals surface area contributed by atoms with E-state index in [-0.39, 0.29) is 75.1 Å². The lowest BCUT2D eigenvalue weighted by molar-refractivity contribution is -0.154. The Bertz CT molecular complexity index is 2210. The summed E-state index contributed by atoms with van der Waals surface area (Å²) in [5.74, 6) is -6.40. The number of hydrogen-bond donors (Lipinski definition) is 9. The normalized spacial score (nSPS) is 22.6. The summed E-state index contributed by atoms with van der Waals surface area (Å²) in [5.41, 5.74) is 14.1. The first-order valence-corrected chi connectivity index (χ1v) is 26.2. The lowest BCUT2D eigenvalue weighted by atomic mass is 10.0. The number of nitrogens with one attached hydrogen (secondary N) is 7. The molecule has 9 amide bonds. The van der Waals surface area contributed by atoms with Crippen molar-refractivity contribution in [1.29, 1.82) is 0 Å². The number of benzene rings is 1. The number of amides is 9. The lowest BCUT2D eigenvalue weighted by Crippen LogP contribution is -2.64. The Morgan fingerprint density at radius 1 is 0.873 bits per heavy atom. The minimum Gasteiger partial charge on any atom is -0.370 e. The summed E-state index contributed by atoms with van der Waals surface area (Å²) in [5, 5.41) is 19.8. The van der Waals surface area contributed by atoms with Crippen molar-refractivity contribution in [3.8, 4) is 0 Å². The number of aliphatic imine (C=N–C) groups is 1. The molecule has 1 aromatic carbocycles. The molecule has 0 saturated carbocycles. The molecule has 7 atom stereocenters. The number of guanidine groups is 1. The zero-order chi connectivity index (χ0) is 52.4. The van der Waals surface area contributed by atoms with Gasteiger partial charge >= 0.3 is 0 Å². The number of thiophene rings is 1. The third-order valence-corrected chi connectivity index (χ3v) is 13.8. The summed E-state index contributed by atoms with van der Waals surface area (Å²) in [7, 11) is 0. The van der Waals surface area contributed by atoms with Crippen LogP contribution in [0.25, 0.3) is 0 Å². The van der Waals surface area contributed by atoms with Crippen LogP contribution in [0.4, 0.5) is 0 Å². The molecular formula is C47H69ClN12O9S2. The molecule has 2 saturated heterocycles. The van der Waals surface area contributed by atoms with Crippen LogP contribution in [0.1, 0.15) is 90.5 Å². The molecule has 0 aliphatic carbocycles. The number of likely N-dealkylation sites (tertiary alicyclic amines) is 1. The average molecular weight is 1050 g/mol. The van der Waals surface area contributed by atoms with Crippen LogP contribution in [0.15, 0.2) is 46.8 Å². The first-order valence-electron chi connectivity index (χ1n) is 23.8. The second kappa shape index (κ2) is 28.2. The second-order valence-electron chi connectivity index (χ2n) is 18.2. The molecule has 21 nitrogen and oxygen atoms in total. The number of halogens is 1. The molecule has 2 aliphatic rings. The van der Waals surface area contributed by atoms with Crippen LogP contribution in [0.2, 0.25) is 5.02 Å². The quantitative estimate of drug-likeness (QED) is 0.0675. The molecule has 2 aromatic rings. The predicted octanol–water partition coefficient (Wildman–Crippen LogP) is 0.631. The number of hydrogen-bond acceptors (Lipinski definition) is 12. The number of rotatable bonds is 15. The average Bonchev–Trinajstić information content (AvgIpc) is 4.02. The summed E-state index contributed by atoms with van der Waals surface area (Å²) < 4.78 is 0. The highest BCUT2D eigenvalue weighted by Crippen LogP contribution is 2.23. The molecule has 3 heterocycles. The van der Waals surface area contributed by atoms with Gasteiger partial charge in [0, 0.05) is 61.0 Å². The highest BCUT2D eigenvalue weighted by molar-refractivity contribution is 7.99. The monoisotopic (exact) mass is 1040 g/mol. The van der Waals surface area contributed by atoms with E-state index >= 15 is 0 Å². The molecule has 4 rings (SSSR count). The predicted molar refractivity (Wildman–Crippen MR) is 272 cm³/mol. The minimum absolute atomic E-state index is 0.0471. The van der Waals surface area contributed by atoms with Gasteiger partial charge < -0.3 is 48.3 Å². The SMILES string of the molecule is CC(=O)NN1C(=O)[C@H](C)NC(=O)[C@@H](C(C)C)NC(=O)[C@H](Cc2cccs2)NC(=O)[C@H](Cc2ccc(Cl)cc2)NC(=O)CCCSC[C@H]1C(=O)N1CCC[C@H]1C(=O)N[C@H](CCCN=C(N)N)C(=O)NC(C)C. The van der Waals surface area contributed by atoms with Gasteiger partial charge in [0.2, 0.25) is 47.3 Å². The van der Waals surface area contributed by atoms with E-state index in [9.17, 15) is 43.2 Å². The minimum atomic E-state index is -1.44. The molecule has 71 heavy (non-hydrogen) atoms. The highest BCUT2D eigenvalue weighted by Gasteiger charge is 2.43. The number of nitrogens with zero attached hydrogens (tertiary/aromatic N) is 3. The fourth-order valence-corrected chi connectivity index (χ4v) is 9.88. The lowest BCUT2D eigenvalue weighted by Gasteiger charge is -2.36. The van der Waals surface area contributed by atoms with Crippen molar-refractivity contribution in [2.75, 3.05) is 24.6 Å². The van der Waals surface area contributed by atoms with Crippen LogP contribution in [0.5, 0.6) is 0 Å². The summed E-state index contributed by atoms with van der Waals surface area (Å²) in [4.78, 5) is 132. The van der Waals surface area contributed by atoms with E-state index in [4.69, 9.17) is 23.1 Å². The van der Waals surface area contributed by atoms with Crippen molar-refractivity contribution in [2.45, 2.75) is 141 Å². The highest BCUT2D eigenvalue weighted by atomic mass is 35.5. The van der Waals surface area contributed by atoms with Crippen LogP contribution in [-0.2, 0) is 56.0 Å². The van der Waals surface area contributed by atoms with E-state index < -0.39 is 101 Å². The van der Waals surface area contributed by atoms with Crippen molar-refractivity contribution in [3.63, 3.8) is 0 Å². The molecule has 1 aromatic heterocycles. The van der Waals surface area contributed by atoms with Gasteiger partial charge in [0.15, 0.2) is 5.96 Å². The second-order valence-corrected chi connectivity index (χ2v) is 20.8. The van der Waals surface area contributed by atoms with E-state index in [0.29, 0.717) is 23.4 Å². The van der Waals surface area contributed by atoms with Crippen molar-refractivity contribution >= 4 is 93.8 Å². The summed E-state index contributed by atoms with van der Waals surface area (Å²) in [6.45, 7) is 9.75. The largest absolute Gasteiger partial charge is 0.370 e. The zero-order valence-corrected chi connectivity index (χ0v) is 43.5. The molecule has 0 unspecified atom stereocenters. The third kappa shape index (κ3) is 18.3. The first kappa shape index (κ1) is 57.6. The fraction of sp³-hybridized carbons (Fsp3) is 0.574. The Hall–Kier alpha value is -5.94. The van der Waals surface area contributed by atoms with Crippen molar-refractivity contribution < 1.29 is 43.2 Å². The molecule has 24 heteroatoms. The molecule has 0 spiro atoms. The number of thioether (sulfide) groups is 1. The third-order valence-electron chi connectivity index (χ3n) is 11.5. The van der Waals surface area contributed by atoms with Crippen LogP contribution >= 0.6 is 34.7 Å². The number of carbonyl (C=O) groups excluding carboxylic acids is 9. The van der Waals surface area contributed by atoms with E-state index in [1.807, 2.05) is 5.38 Å². The summed E-state index contributed by atoms with van der Waals surface area (Å²) in [6, 6.07) is 1.70. The number of hydrazine groups is 1. The smallest absolute Gasteiger partial charge is 0.264 e. The van der Waals surface area contributed by atoms with Crippen molar-refractivity contribution in [2.24, 2.45) is 22.4 Å². The van der Waals surface area contributed by atoms with E-state index in [1.54, 1.807) is 64.1 Å². The van der Waals surface area contributed by atoms with Crippen LogP contribution in [-0.4, -0.2) is 142 Å². The maximum Gasteiger partial charge on any atom is 0.264 e. The molecular weight excluding hydrogens is 976 g/mol. The Kier molecular flexibility index (Phi) is 22.9. The standard InChI is InChI=1S/C47H69ClN12O9S2/c1-26(2)39-44(67)53-28(5)45(68)60(58-29(6)61)37(46(69)59-20-8-13-36(59)43(66)55-33(40(63)52-27(3)4)12-7-19-51-47(49)50)25-70-21-10-14-38(62)54-34(23-30-15-17-31(48)18-16-30)41(64)56-35(42(65)57-39)24-32-11-9-22-71-32/h9,11,15-18,22,26-28,33-37,39H,7-8,10,12-14,19-21,23-25H2,1-6H3,(H,52,63)(H,53,67)(H,54,62)(H,55,66)(H,56,64)(H,57,65)(H,58,61)(H4,49,50,51)/t28-,33+,34-,35-,36-,37-,39+/m0/s1. The first-order chi connectivity index (χ1) is 33.6. The molecule has 0 bridgehead atoms. The van der Waals surface area contributed by atoms with Gasteiger partial charge in [0.25, 0.3) is 5.91 Å². The number of nitrogens with two attached hydrogens (primary N) is 2. The topological polar surface area (TPSA) is 309 Å². The summed E-state index contributed by atoms with van der Waals surface area (Å²) in [6.07, 6.45) is 1.49. The van der Waals surface area contributed by atoms with Crippen LogP contribution in [0.3, 0.4) is 0 Å². The van der Waals surface area contributed by atoms with E-state index in [0.717, 1.165) is 16.8 Å². The maximum atomic E-state index is 14.9. The molecule has 390 valence electrons. The summed E-state index contributed by atoms with van der Waals surface area (Å²) >= 11 is 8.71. The Labute approximate surface area is 427 Å². The zero-order valence-electron chi connectivity index (χ0n) is 41.1. The van der Waals surface area contributed by atoms with Gasteiger partial charge in [0.05, 0.1) is 0 Å². The van der Waals surface area contributed by atoms with Gasteiger partial charge in [-0.3, -0.25) is 53.6 Å². The molecule has 2 aliphatic heterocycles. The fourth-order valence-electron chi connectivity index (χ4n) is 7.97. The van der Waals surface area contributed by atoms with Gasteiger partial charge in [-0.25, -0.2) is 5.01 Å². The van der Waals surface area contributed by atoms with Crippen molar-refractivity contribution in [3.05, 3.63) is 57.2 Å². The van der Waals surface area contributed by atoms with Gasteiger partial charge in [-0.1, -0.05) is 43.6 Å². The van der Waals surface area contributed by atoms with Crippen molar-refractivity contribution in [1.82, 2.24) is 47.2 Å². The van der Waals surface area contributed by atoms with E-state index in [2.05, 4.69) is 42.3 Å². The van der Waals surface area contributed by atoms with Gasteiger partial charge in [0.1, 0.15) is 42.3 Å². The van der Waals surface area contributed by atoms with Crippen LogP contribution in [0, 0.1) is 5.92 Å². The van der Waals surface area contributed by atoms with E-state index in [1.165, 1.54) is 34.9 Å². The molecule has 11 N–H and O–H groups in total.